The third-order valence-corrected chi connectivity index (χ3v) is 6.96. The minimum Gasteiger partial charge on any atom is -0.378 e. The van der Waals surface area contributed by atoms with Gasteiger partial charge in [0.15, 0.2) is 10.3 Å². The fourth-order valence-corrected chi connectivity index (χ4v) is 5.23. The first-order chi connectivity index (χ1) is 15.8. The number of thioether (sulfide) groups is 1. The van der Waals surface area contributed by atoms with Gasteiger partial charge in [0.05, 0.1) is 24.6 Å². The van der Waals surface area contributed by atoms with Gasteiger partial charge >= 0.3 is 0 Å². The Labute approximate surface area is 195 Å². The standard InChI is InChI=1S/C23H24N6OS2/c1-17-7-5-6-10-20(17)29-22(28-11-13-30-14-12-28)26-27-23(29)32-16-19-15-31-21(25-19)24-18-8-3-2-4-9-18/h2-10,15H,11-14,16H2,1H3,(H,24,25). The number of rotatable bonds is 7. The summed E-state index contributed by atoms with van der Waals surface area (Å²) in [6, 6.07) is 18.5. The molecule has 2 aromatic heterocycles. The van der Waals surface area contributed by atoms with Gasteiger partial charge in [0.2, 0.25) is 5.95 Å². The Kier molecular flexibility index (Phi) is 6.38. The molecule has 1 saturated heterocycles. The second-order valence-electron chi connectivity index (χ2n) is 7.43. The van der Waals surface area contributed by atoms with Gasteiger partial charge in [0.25, 0.3) is 0 Å². The molecule has 0 aliphatic carbocycles. The highest BCUT2D eigenvalue weighted by molar-refractivity contribution is 7.98. The molecule has 0 unspecified atom stereocenters. The number of para-hydroxylation sites is 2. The summed E-state index contributed by atoms with van der Waals surface area (Å²) in [4.78, 5) is 6.99. The van der Waals surface area contributed by atoms with Crippen LogP contribution in [0.2, 0.25) is 0 Å². The summed E-state index contributed by atoms with van der Waals surface area (Å²) in [5.41, 5.74) is 4.35. The van der Waals surface area contributed by atoms with Gasteiger partial charge in [-0.2, -0.15) is 0 Å². The Hall–Kier alpha value is -2.88. The number of anilines is 3. The zero-order valence-corrected chi connectivity index (χ0v) is 19.4. The molecule has 0 spiro atoms. The first kappa shape index (κ1) is 21.0. The summed E-state index contributed by atoms with van der Waals surface area (Å²) < 4.78 is 7.70. The Bertz CT molecular complexity index is 1170. The van der Waals surface area contributed by atoms with E-state index >= 15 is 0 Å². The number of morpholine rings is 1. The number of thiazole rings is 1. The van der Waals surface area contributed by atoms with Crippen LogP contribution >= 0.6 is 23.1 Å². The Morgan fingerprint density at radius 2 is 1.81 bits per heavy atom. The number of benzene rings is 2. The lowest BCUT2D eigenvalue weighted by Crippen LogP contribution is -2.38. The summed E-state index contributed by atoms with van der Waals surface area (Å²) in [6.45, 7) is 5.16. The number of ether oxygens (including phenoxy) is 1. The lowest BCUT2D eigenvalue weighted by molar-refractivity contribution is 0.122. The average Bonchev–Trinajstić information content (AvgIpc) is 3.46. The molecule has 5 rings (SSSR count). The topological polar surface area (TPSA) is 68.1 Å². The second kappa shape index (κ2) is 9.72. The number of aromatic nitrogens is 4. The zero-order valence-electron chi connectivity index (χ0n) is 17.8. The first-order valence-corrected chi connectivity index (χ1v) is 12.4. The molecule has 1 aliphatic heterocycles. The third kappa shape index (κ3) is 4.64. The fourth-order valence-electron chi connectivity index (χ4n) is 3.56. The number of nitrogens with zero attached hydrogens (tertiary/aromatic N) is 5. The van der Waals surface area contributed by atoms with Gasteiger partial charge in [-0.1, -0.05) is 48.2 Å². The van der Waals surface area contributed by atoms with Gasteiger partial charge in [-0.05, 0) is 30.7 Å². The number of aryl methyl sites for hydroxylation is 1. The van der Waals surface area contributed by atoms with E-state index in [1.807, 2.05) is 30.3 Å². The predicted octanol–water partition coefficient (Wildman–Crippen LogP) is 4.90. The molecule has 2 aromatic carbocycles. The minimum atomic E-state index is 0.707. The van der Waals surface area contributed by atoms with Crippen molar-refractivity contribution >= 4 is 39.9 Å². The summed E-state index contributed by atoms with van der Waals surface area (Å²) in [6.07, 6.45) is 0. The van der Waals surface area contributed by atoms with Crippen molar-refractivity contribution in [1.29, 1.82) is 0 Å². The SMILES string of the molecule is Cc1ccccc1-n1c(SCc2csc(Nc3ccccc3)n2)nnc1N1CCOCC1. The van der Waals surface area contributed by atoms with Gasteiger partial charge in [-0.3, -0.25) is 4.57 Å². The summed E-state index contributed by atoms with van der Waals surface area (Å²) in [5, 5.41) is 16.3. The lowest BCUT2D eigenvalue weighted by Gasteiger charge is -2.28. The number of hydrogen-bond donors (Lipinski definition) is 1. The molecule has 0 saturated carbocycles. The quantitative estimate of drug-likeness (QED) is 0.390. The van der Waals surface area contributed by atoms with Crippen molar-refractivity contribution in [2.24, 2.45) is 0 Å². The monoisotopic (exact) mass is 464 g/mol. The molecular weight excluding hydrogens is 440 g/mol. The zero-order chi connectivity index (χ0) is 21.8. The van der Waals surface area contributed by atoms with Crippen LogP contribution in [0.25, 0.3) is 5.69 Å². The van der Waals surface area contributed by atoms with Crippen LogP contribution in [0.3, 0.4) is 0 Å². The van der Waals surface area contributed by atoms with E-state index in [-0.39, 0.29) is 0 Å². The summed E-state index contributed by atoms with van der Waals surface area (Å²) in [5.74, 6) is 1.59. The Morgan fingerprint density at radius 3 is 2.62 bits per heavy atom. The largest absolute Gasteiger partial charge is 0.378 e. The van der Waals surface area contributed by atoms with E-state index < -0.39 is 0 Å². The van der Waals surface area contributed by atoms with Gasteiger partial charge in [-0.25, -0.2) is 4.98 Å². The number of nitrogens with one attached hydrogen (secondary N) is 1. The fraction of sp³-hybridized carbons (Fsp3) is 0.261. The third-order valence-electron chi connectivity index (χ3n) is 5.19. The van der Waals surface area contributed by atoms with Crippen molar-refractivity contribution in [3.63, 3.8) is 0 Å². The predicted molar refractivity (Wildman–Crippen MR) is 131 cm³/mol. The molecule has 9 heteroatoms. The van der Waals surface area contributed by atoms with Crippen LogP contribution in [-0.2, 0) is 10.5 Å². The average molecular weight is 465 g/mol. The number of hydrogen-bond acceptors (Lipinski definition) is 8. The van der Waals surface area contributed by atoms with Crippen LogP contribution < -0.4 is 10.2 Å². The highest BCUT2D eigenvalue weighted by Gasteiger charge is 2.22. The van der Waals surface area contributed by atoms with Crippen LogP contribution in [0, 0.1) is 6.92 Å². The van der Waals surface area contributed by atoms with E-state index in [1.54, 1.807) is 23.1 Å². The molecule has 1 aliphatic rings. The molecule has 164 valence electrons. The Morgan fingerprint density at radius 1 is 1.03 bits per heavy atom. The molecular formula is C23H24N6OS2. The smallest absolute Gasteiger partial charge is 0.232 e. The molecule has 1 N–H and O–H groups in total. The van der Waals surface area contributed by atoms with Crippen molar-refractivity contribution in [2.75, 3.05) is 36.5 Å². The van der Waals surface area contributed by atoms with Gasteiger partial charge < -0.3 is 15.0 Å². The van der Waals surface area contributed by atoms with Crippen molar-refractivity contribution < 1.29 is 4.74 Å². The first-order valence-electron chi connectivity index (χ1n) is 10.5. The van der Waals surface area contributed by atoms with Crippen molar-refractivity contribution in [2.45, 2.75) is 17.8 Å². The maximum atomic E-state index is 5.53. The summed E-state index contributed by atoms with van der Waals surface area (Å²) >= 11 is 3.27. The second-order valence-corrected chi connectivity index (χ2v) is 9.23. The molecule has 7 nitrogen and oxygen atoms in total. The maximum absolute atomic E-state index is 5.53. The molecule has 0 amide bonds. The molecule has 4 aromatic rings. The molecule has 0 atom stereocenters. The van der Waals surface area contributed by atoms with Gasteiger partial charge in [-0.15, -0.1) is 21.5 Å². The highest BCUT2D eigenvalue weighted by Crippen LogP contribution is 2.31. The van der Waals surface area contributed by atoms with Crippen molar-refractivity contribution in [1.82, 2.24) is 19.7 Å². The minimum absolute atomic E-state index is 0.707. The maximum Gasteiger partial charge on any atom is 0.232 e. The van der Waals surface area contributed by atoms with E-state index in [0.29, 0.717) is 13.2 Å². The van der Waals surface area contributed by atoms with Crippen LogP contribution in [0.5, 0.6) is 0 Å². The molecule has 32 heavy (non-hydrogen) atoms. The normalized spacial score (nSPS) is 14.0. The van der Waals surface area contributed by atoms with E-state index in [0.717, 1.165) is 52.1 Å². The lowest BCUT2D eigenvalue weighted by atomic mass is 10.2. The van der Waals surface area contributed by atoms with Crippen LogP contribution in [0.15, 0.2) is 65.1 Å². The van der Waals surface area contributed by atoms with Gasteiger partial charge in [0.1, 0.15) is 0 Å². The van der Waals surface area contributed by atoms with E-state index in [9.17, 15) is 0 Å². The molecule has 1 fully saturated rings. The highest BCUT2D eigenvalue weighted by atomic mass is 32.2. The molecule has 0 radical (unpaired) electrons. The molecule has 3 heterocycles. The van der Waals surface area contributed by atoms with Crippen molar-refractivity contribution in [3.05, 3.63) is 71.2 Å². The Balaban J connectivity index is 1.37. The van der Waals surface area contributed by atoms with Crippen molar-refractivity contribution in [3.8, 4) is 5.69 Å². The van der Waals surface area contributed by atoms with Crippen LogP contribution in [-0.4, -0.2) is 46.1 Å². The molecule has 0 bridgehead atoms. The van der Waals surface area contributed by atoms with E-state index in [2.05, 4.69) is 61.6 Å². The van der Waals surface area contributed by atoms with Crippen LogP contribution in [0.4, 0.5) is 16.8 Å². The summed E-state index contributed by atoms with van der Waals surface area (Å²) in [7, 11) is 0. The van der Waals surface area contributed by atoms with Gasteiger partial charge in [0, 0.05) is 29.9 Å². The van der Waals surface area contributed by atoms with E-state index in [1.165, 1.54) is 5.56 Å². The van der Waals surface area contributed by atoms with E-state index in [4.69, 9.17) is 9.72 Å². The van der Waals surface area contributed by atoms with Crippen LogP contribution in [0.1, 0.15) is 11.3 Å².